The molecule has 4 nitrogen and oxygen atoms in total. The normalized spacial score (nSPS) is 10.5. The van der Waals surface area contributed by atoms with Crippen LogP contribution in [-0.2, 0) is 16.1 Å². The highest BCUT2D eigenvalue weighted by Gasteiger charge is 1.91. The van der Waals surface area contributed by atoms with Gasteiger partial charge in [0.15, 0.2) is 0 Å². The van der Waals surface area contributed by atoms with E-state index in [-0.39, 0.29) is 5.97 Å². The van der Waals surface area contributed by atoms with Crippen molar-refractivity contribution in [1.29, 1.82) is 0 Å². The Kier molecular flexibility index (Phi) is 3.75. The molecule has 0 saturated carbocycles. The Morgan fingerprint density at radius 3 is 3.15 bits per heavy atom. The molecule has 0 bridgehead atoms. The zero-order valence-electron chi connectivity index (χ0n) is 7.51. The Balaban J connectivity index is 2.29. The number of aromatic nitrogens is 2. The number of allylic oxidation sites excluding steroid dienone is 1. The molecule has 0 aliphatic carbocycles. The minimum atomic E-state index is -0.303. The molecule has 1 aromatic heterocycles. The van der Waals surface area contributed by atoms with Gasteiger partial charge in [0.2, 0.25) is 0 Å². The Hall–Kier alpha value is -1.58. The van der Waals surface area contributed by atoms with E-state index in [1.807, 2.05) is 10.8 Å². The lowest BCUT2D eigenvalue weighted by Gasteiger charge is -1.95. The molecule has 0 N–H and O–H groups in total. The number of imidazole rings is 1. The lowest BCUT2D eigenvalue weighted by Crippen LogP contribution is -2.00. The summed E-state index contributed by atoms with van der Waals surface area (Å²) in [5.74, 6) is -0.303. The number of carbonyl (C=O) groups is 1. The second-order valence-corrected chi connectivity index (χ2v) is 2.41. The molecule has 1 rings (SSSR count). The Labute approximate surface area is 76.8 Å². The van der Waals surface area contributed by atoms with Crippen LogP contribution in [0.4, 0.5) is 0 Å². The largest absolute Gasteiger partial charge is 0.463 e. The third-order valence-corrected chi connectivity index (χ3v) is 1.42. The van der Waals surface area contributed by atoms with Gasteiger partial charge in [0, 0.05) is 25.0 Å². The minimum Gasteiger partial charge on any atom is -0.463 e. The van der Waals surface area contributed by atoms with E-state index in [0.717, 1.165) is 0 Å². The second kappa shape index (κ2) is 5.13. The first-order valence-corrected chi connectivity index (χ1v) is 4.12. The van der Waals surface area contributed by atoms with E-state index in [1.54, 1.807) is 25.5 Å². The van der Waals surface area contributed by atoms with Gasteiger partial charge in [0.1, 0.15) is 0 Å². The highest BCUT2D eigenvalue weighted by Crippen LogP contribution is 1.88. The van der Waals surface area contributed by atoms with E-state index in [0.29, 0.717) is 13.2 Å². The van der Waals surface area contributed by atoms with Crippen LogP contribution in [0, 0.1) is 0 Å². The fourth-order valence-corrected chi connectivity index (χ4v) is 0.856. The third kappa shape index (κ3) is 3.55. The maximum absolute atomic E-state index is 10.8. The van der Waals surface area contributed by atoms with Crippen molar-refractivity contribution in [1.82, 2.24) is 9.55 Å². The molecule has 0 unspecified atom stereocenters. The average Bonchev–Trinajstić information content (AvgIpc) is 2.57. The summed E-state index contributed by atoms with van der Waals surface area (Å²) in [5, 5.41) is 0. The number of hydrogen-bond acceptors (Lipinski definition) is 3. The summed E-state index contributed by atoms with van der Waals surface area (Å²) in [6.07, 6.45) is 8.37. The molecule has 0 spiro atoms. The molecule has 0 aliphatic heterocycles. The van der Waals surface area contributed by atoms with Crippen molar-refractivity contribution >= 4 is 5.97 Å². The van der Waals surface area contributed by atoms with E-state index >= 15 is 0 Å². The monoisotopic (exact) mass is 180 g/mol. The highest BCUT2D eigenvalue weighted by atomic mass is 16.5. The minimum absolute atomic E-state index is 0.303. The van der Waals surface area contributed by atoms with Crippen molar-refractivity contribution < 1.29 is 9.53 Å². The maximum atomic E-state index is 10.8. The lowest BCUT2D eigenvalue weighted by atomic mass is 10.5. The number of rotatable bonds is 4. The Morgan fingerprint density at radius 1 is 1.69 bits per heavy atom. The first-order valence-electron chi connectivity index (χ1n) is 4.12. The van der Waals surface area contributed by atoms with Gasteiger partial charge in [0.05, 0.1) is 12.9 Å². The number of carbonyl (C=O) groups excluding carboxylic acids is 1. The fraction of sp³-hybridized carbons (Fsp3) is 0.333. The van der Waals surface area contributed by atoms with Crippen molar-refractivity contribution in [3.63, 3.8) is 0 Å². The smallest absolute Gasteiger partial charge is 0.330 e. The van der Waals surface area contributed by atoms with Crippen LogP contribution in [0.3, 0.4) is 0 Å². The summed E-state index contributed by atoms with van der Waals surface area (Å²) in [4.78, 5) is 14.7. The molecule has 0 saturated heterocycles. The molecule has 0 fully saturated rings. The van der Waals surface area contributed by atoms with Gasteiger partial charge in [-0.15, -0.1) is 0 Å². The van der Waals surface area contributed by atoms with Gasteiger partial charge in [-0.1, -0.05) is 6.08 Å². The van der Waals surface area contributed by atoms with Gasteiger partial charge in [-0.05, 0) is 6.92 Å². The first-order chi connectivity index (χ1) is 6.33. The first kappa shape index (κ1) is 9.51. The van der Waals surface area contributed by atoms with Crippen LogP contribution in [0.1, 0.15) is 6.92 Å². The topological polar surface area (TPSA) is 44.1 Å². The van der Waals surface area contributed by atoms with Crippen LogP contribution in [0.5, 0.6) is 0 Å². The Bertz CT molecular complexity index is 278. The van der Waals surface area contributed by atoms with Gasteiger partial charge in [-0.25, -0.2) is 9.78 Å². The van der Waals surface area contributed by atoms with Crippen molar-refractivity contribution in [2.45, 2.75) is 13.5 Å². The van der Waals surface area contributed by atoms with Gasteiger partial charge in [0.25, 0.3) is 0 Å². The van der Waals surface area contributed by atoms with Gasteiger partial charge in [-0.3, -0.25) is 0 Å². The molecule has 13 heavy (non-hydrogen) atoms. The molecule has 0 radical (unpaired) electrons. The van der Waals surface area contributed by atoms with Crippen LogP contribution in [0.15, 0.2) is 30.9 Å². The van der Waals surface area contributed by atoms with Gasteiger partial charge >= 0.3 is 5.97 Å². The van der Waals surface area contributed by atoms with Crippen LogP contribution < -0.4 is 0 Å². The molecule has 1 aromatic rings. The molecule has 70 valence electrons. The van der Waals surface area contributed by atoms with Crippen molar-refractivity contribution in [3.8, 4) is 0 Å². The number of nitrogens with zero attached hydrogens (tertiary/aromatic N) is 2. The second-order valence-electron chi connectivity index (χ2n) is 2.41. The average molecular weight is 180 g/mol. The van der Waals surface area contributed by atoms with Crippen LogP contribution in [0.2, 0.25) is 0 Å². The summed E-state index contributed by atoms with van der Waals surface area (Å²) in [6.45, 7) is 2.83. The SMILES string of the molecule is CCOC(=O)/C=C/Cn1ccnc1. The Morgan fingerprint density at radius 2 is 2.54 bits per heavy atom. The number of hydrogen-bond donors (Lipinski definition) is 0. The van der Waals surface area contributed by atoms with Crippen molar-refractivity contribution in [2.24, 2.45) is 0 Å². The standard InChI is InChI=1S/C9H12N2O2/c1-2-13-9(12)4-3-6-11-7-5-10-8-11/h3-5,7-8H,2,6H2,1H3/b4-3+. The molecule has 4 heteroatoms. The van der Waals surface area contributed by atoms with Gasteiger partial charge < -0.3 is 9.30 Å². The fourth-order valence-electron chi connectivity index (χ4n) is 0.856. The summed E-state index contributed by atoms with van der Waals surface area (Å²) < 4.78 is 6.57. The predicted octanol–water partition coefficient (Wildman–Crippen LogP) is 1.00. The molecule has 0 aliphatic rings. The van der Waals surface area contributed by atoms with Gasteiger partial charge in [-0.2, -0.15) is 0 Å². The summed E-state index contributed by atoms with van der Waals surface area (Å²) >= 11 is 0. The molecular formula is C9H12N2O2. The molecule has 0 atom stereocenters. The van der Waals surface area contributed by atoms with Crippen LogP contribution >= 0.6 is 0 Å². The van der Waals surface area contributed by atoms with E-state index in [1.165, 1.54) is 6.08 Å². The van der Waals surface area contributed by atoms with Crippen molar-refractivity contribution in [2.75, 3.05) is 6.61 Å². The highest BCUT2D eigenvalue weighted by molar-refractivity contribution is 5.81. The summed E-state index contributed by atoms with van der Waals surface area (Å²) in [5.41, 5.74) is 0. The van der Waals surface area contributed by atoms with Crippen LogP contribution in [-0.4, -0.2) is 22.1 Å². The molecular weight excluding hydrogens is 168 g/mol. The number of ether oxygens (including phenoxy) is 1. The van der Waals surface area contributed by atoms with E-state index in [4.69, 9.17) is 4.74 Å². The molecule has 0 amide bonds. The summed E-state index contributed by atoms with van der Waals surface area (Å²) in [6, 6.07) is 0. The molecule has 1 heterocycles. The van der Waals surface area contributed by atoms with Crippen molar-refractivity contribution in [3.05, 3.63) is 30.9 Å². The zero-order valence-corrected chi connectivity index (χ0v) is 7.51. The van der Waals surface area contributed by atoms with E-state index < -0.39 is 0 Å². The lowest BCUT2D eigenvalue weighted by molar-refractivity contribution is -0.137. The summed E-state index contributed by atoms with van der Waals surface area (Å²) in [7, 11) is 0. The molecule has 0 aromatic carbocycles. The quantitative estimate of drug-likeness (QED) is 0.513. The third-order valence-electron chi connectivity index (χ3n) is 1.42. The van der Waals surface area contributed by atoms with E-state index in [2.05, 4.69) is 4.98 Å². The predicted molar refractivity (Wildman–Crippen MR) is 48.0 cm³/mol. The number of esters is 1. The maximum Gasteiger partial charge on any atom is 0.330 e. The van der Waals surface area contributed by atoms with Crippen LogP contribution in [0.25, 0.3) is 0 Å². The van der Waals surface area contributed by atoms with E-state index in [9.17, 15) is 4.79 Å². The zero-order chi connectivity index (χ0) is 9.52.